The third kappa shape index (κ3) is 2.08. The molecular formula is C11H12N4O. The molecular weight excluding hydrogens is 204 g/mol. The van der Waals surface area contributed by atoms with Gasteiger partial charge in [-0.2, -0.15) is 5.10 Å². The Morgan fingerprint density at radius 2 is 2.38 bits per heavy atom. The topological polar surface area (TPSA) is 59.8 Å². The van der Waals surface area contributed by atoms with E-state index in [1.807, 2.05) is 13.0 Å². The monoisotopic (exact) mass is 216 g/mol. The molecule has 1 amide bonds. The zero-order chi connectivity index (χ0) is 11.4. The maximum absolute atomic E-state index is 11.5. The Hall–Kier alpha value is -2.17. The van der Waals surface area contributed by atoms with Crippen molar-refractivity contribution in [2.24, 2.45) is 0 Å². The summed E-state index contributed by atoms with van der Waals surface area (Å²) >= 11 is 0. The van der Waals surface area contributed by atoms with Crippen molar-refractivity contribution in [2.75, 3.05) is 6.54 Å². The fourth-order valence-electron chi connectivity index (χ4n) is 1.32. The summed E-state index contributed by atoms with van der Waals surface area (Å²) in [6.07, 6.45) is 5.02. The Morgan fingerprint density at radius 1 is 1.50 bits per heavy atom. The van der Waals surface area contributed by atoms with Crippen LogP contribution in [0.1, 0.15) is 17.3 Å². The SMILES string of the molecule is CCNC(=O)c1ccc(-n2cccn2)nc1. The highest BCUT2D eigenvalue weighted by molar-refractivity contribution is 5.93. The molecule has 0 spiro atoms. The van der Waals surface area contributed by atoms with Gasteiger partial charge in [-0.1, -0.05) is 0 Å². The van der Waals surface area contributed by atoms with Crippen LogP contribution in [0.2, 0.25) is 0 Å². The summed E-state index contributed by atoms with van der Waals surface area (Å²) in [7, 11) is 0. The van der Waals surface area contributed by atoms with Crippen LogP contribution in [-0.2, 0) is 0 Å². The number of pyridine rings is 1. The molecule has 0 fully saturated rings. The van der Waals surface area contributed by atoms with Gasteiger partial charge in [-0.15, -0.1) is 0 Å². The molecule has 0 saturated heterocycles. The summed E-state index contributed by atoms with van der Waals surface area (Å²) in [5.74, 6) is 0.583. The fourth-order valence-corrected chi connectivity index (χ4v) is 1.32. The van der Waals surface area contributed by atoms with Crippen molar-refractivity contribution < 1.29 is 4.79 Å². The molecule has 0 aliphatic heterocycles. The summed E-state index contributed by atoms with van der Waals surface area (Å²) in [6, 6.07) is 5.31. The summed E-state index contributed by atoms with van der Waals surface area (Å²) in [4.78, 5) is 15.6. The van der Waals surface area contributed by atoms with Crippen LogP contribution in [0.25, 0.3) is 5.82 Å². The largest absolute Gasteiger partial charge is 0.352 e. The standard InChI is InChI=1S/C11H12N4O/c1-2-12-11(16)9-4-5-10(13-8-9)15-7-3-6-14-15/h3-8H,2H2,1H3,(H,12,16). The van der Waals surface area contributed by atoms with Crippen molar-refractivity contribution in [1.29, 1.82) is 0 Å². The van der Waals surface area contributed by atoms with Crippen molar-refractivity contribution in [3.8, 4) is 5.82 Å². The minimum Gasteiger partial charge on any atom is -0.352 e. The van der Waals surface area contributed by atoms with E-state index in [-0.39, 0.29) is 5.91 Å². The van der Waals surface area contributed by atoms with Crippen molar-refractivity contribution in [1.82, 2.24) is 20.1 Å². The van der Waals surface area contributed by atoms with Gasteiger partial charge in [-0.05, 0) is 25.1 Å². The Kier molecular flexibility index (Phi) is 2.95. The maximum Gasteiger partial charge on any atom is 0.252 e. The van der Waals surface area contributed by atoms with Gasteiger partial charge in [-0.3, -0.25) is 4.79 Å². The quantitative estimate of drug-likeness (QED) is 0.833. The average molecular weight is 216 g/mol. The molecule has 2 aromatic heterocycles. The second kappa shape index (κ2) is 4.57. The van der Waals surface area contributed by atoms with Gasteiger partial charge >= 0.3 is 0 Å². The van der Waals surface area contributed by atoms with Gasteiger partial charge in [0.05, 0.1) is 5.56 Å². The first-order chi connectivity index (χ1) is 7.81. The number of carbonyl (C=O) groups is 1. The molecule has 0 aliphatic carbocycles. The Bertz CT molecular complexity index is 461. The van der Waals surface area contributed by atoms with Gasteiger partial charge in [0.25, 0.3) is 5.91 Å². The Morgan fingerprint density at radius 3 is 2.94 bits per heavy atom. The number of carbonyl (C=O) groups excluding carboxylic acids is 1. The van der Waals surface area contributed by atoms with Crippen LogP contribution in [0, 0.1) is 0 Å². The molecule has 0 atom stereocenters. The highest BCUT2D eigenvalue weighted by atomic mass is 16.1. The molecule has 1 N–H and O–H groups in total. The molecule has 2 aromatic rings. The molecule has 2 rings (SSSR count). The third-order valence-corrected chi connectivity index (χ3v) is 2.09. The lowest BCUT2D eigenvalue weighted by Gasteiger charge is -2.03. The molecule has 0 bridgehead atoms. The number of hydrogen-bond acceptors (Lipinski definition) is 3. The van der Waals surface area contributed by atoms with Crippen molar-refractivity contribution >= 4 is 5.91 Å². The van der Waals surface area contributed by atoms with Crippen LogP contribution in [-0.4, -0.2) is 27.2 Å². The Balaban J connectivity index is 2.20. The predicted octanol–water partition coefficient (Wildman–Crippen LogP) is 1.02. The molecule has 0 aliphatic rings. The third-order valence-electron chi connectivity index (χ3n) is 2.09. The molecule has 0 unspecified atom stereocenters. The molecule has 0 aromatic carbocycles. The maximum atomic E-state index is 11.5. The van der Waals surface area contributed by atoms with E-state index in [0.717, 1.165) is 0 Å². The van der Waals surface area contributed by atoms with E-state index in [1.165, 1.54) is 0 Å². The van der Waals surface area contributed by atoms with E-state index < -0.39 is 0 Å². The molecule has 2 heterocycles. The van der Waals surface area contributed by atoms with E-state index in [9.17, 15) is 4.79 Å². The van der Waals surface area contributed by atoms with Crippen LogP contribution in [0.5, 0.6) is 0 Å². The summed E-state index contributed by atoms with van der Waals surface area (Å²) in [5.41, 5.74) is 0.553. The van der Waals surface area contributed by atoms with Gasteiger partial charge in [0, 0.05) is 25.1 Å². The van der Waals surface area contributed by atoms with Crippen LogP contribution in [0.4, 0.5) is 0 Å². The number of aromatic nitrogens is 3. The van der Waals surface area contributed by atoms with Gasteiger partial charge in [-0.25, -0.2) is 9.67 Å². The van der Waals surface area contributed by atoms with Gasteiger partial charge in [0.2, 0.25) is 0 Å². The van der Waals surface area contributed by atoms with E-state index >= 15 is 0 Å². The molecule has 0 radical (unpaired) electrons. The van der Waals surface area contributed by atoms with Crippen molar-refractivity contribution in [3.63, 3.8) is 0 Å². The van der Waals surface area contributed by atoms with Crippen LogP contribution in [0.15, 0.2) is 36.8 Å². The lowest BCUT2D eigenvalue weighted by molar-refractivity contribution is 0.0955. The van der Waals surface area contributed by atoms with E-state index in [1.54, 1.807) is 35.4 Å². The number of hydrogen-bond donors (Lipinski definition) is 1. The van der Waals surface area contributed by atoms with E-state index in [0.29, 0.717) is 17.9 Å². The fraction of sp³-hybridized carbons (Fsp3) is 0.182. The van der Waals surface area contributed by atoms with Crippen LogP contribution < -0.4 is 5.32 Å². The minimum absolute atomic E-state index is 0.109. The second-order valence-corrected chi connectivity index (χ2v) is 3.22. The van der Waals surface area contributed by atoms with Crippen LogP contribution >= 0.6 is 0 Å². The first kappa shape index (κ1) is 10.4. The van der Waals surface area contributed by atoms with Crippen LogP contribution in [0.3, 0.4) is 0 Å². The van der Waals surface area contributed by atoms with Gasteiger partial charge < -0.3 is 5.32 Å². The molecule has 5 nitrogen and oxygen atoms in total. The second-order valence-electron chi connectivity index (χ2n) is 3.22. The lowest BCUT2D eigenvalue weighted by Crippen LogP contribution is -2.22. The summed E-state index contributed by atoms with van der Waals surface area (Å²) in [5, 5.41) is 6.77. The molecule has 82 valence electrons. The summed E-state index contributed by atoms with van der Waals surface area (Å²) < 4.78 is 1.64. The molecule has 0 saturated carbocycles. The smallest absolute Gasteiger partial charge is 0.252 e. The van der Waals surface area contributed by atoms with E-state index in [2.05, 4.69) is 15.4 Å². The highest BCUT2D eigenvalue weighted by Crippen LogP contribution is 2.04. The number of nitrogens with zero attached hydrogens (tertiary/aromatic N) is 3. The Labute approximate surface area is 93.1 Å². The summed E-state index contributed by atoms with van der Waals surface area (Å²) in [6.45, 7) is 2.49. The highest BCUT2D eigenvalue weighted by Gasteiger charge is 2.04. The predicted molar refractivity (Wildman–Crippen MR) is 59.4 cm³/mol. The number of rotatable bonds is 3. The van der Waals surface area contributed by atoms with Gasteiger partial charge in [0.15, 0.2) is 5.82 Å². The molecule has 5 heteroatoms. The normalized spacial score (nSPS) is 10.1. The average Bonchev–Trinajstić information content (AvgIpc) is 2.83. The number of amides is 1. The van der Waals surface area contributed by atoms with Crippen molar-refractivity contribution in [2.45, 2.75) is 6.92 Å². The molecule has 16 heavy (non-hydrogen) atoms. The number of nitrogens with one attached hydrogen (secondary N) is 1. The van der Waals surface area contributed by atoms with Crippen molar-refractivity contribution in [3.05, 3.63) is 42.4 Å². The first-order valence-electron chi connectivity index (χ1n) is 5.05. The van der Waals surface area contributed by atoms with E-state index in [4.69, 9.17) is 0 Å². The van der Waals surface area contributed by atoms with Gasteiger partial charge in [0.1, 0.15) is 0 Å². The zero-order valence-electron chi connectivity index (χ0n) is 8.92. The first-order valence-corrected chi connectivity index (χ1v) is 5.05. The minimum atomic E-state index is -0.109. The zero-order valence-corrected chi connectivity index (χ0v) is 8.92. The lowest BCUT2D eigenvalue weighted by atomic mass is 10.2.